The Kier molecular flexibility index (Phi) is 3.65. The van der Waals surface area contributed by atoms with Crippen LogP contribution < -0.4 is 0 Å². The second-order valence-corrected chi connectivity index (χ2v) is 6.32. The quantitative estimate of drug-likeness (QED) is 0.529. The third-order valence-electron chi connectivity index (χ3n) is 3.79. The van der Waals surface area contributed by atoms with Crippen LogP contribution in [0.1, 0.15) is 12.5 Å². The first-order valence-corrected chi connectivity index (χ1v) is 8.38. The lowest BCUT2D eigenvalue weighted by molar-refractivity contribution is 0.564. The van der Waals surface area contributed by atoms with Gasteiger partial charge in [-0.1, -0.05) is 17.7 Å². The average molecular weight is 384 g/mol. The van der Waals surface area contributed by atoms with Crippen LogP contribution in [0.4, 0.5) is 0 Å². The van der Waals surface area contributed by atoms with Crippen LogP contribution in [-0.2, 0) is 6.54 Å². The van der Waals surface area contributed by atoms with Gasteiger partial charge in [-0.05, 0) is 48.0 Å². The number of fused-ring (bicyclic) bond motifs is 1. The predicted molar refractivity (Wildman–Crippen MR) is 94.4 cm³/mol. The van der Waals surface area contributed by atoms with Crippen molar-refractivity contribution >= 4 is 26.8 Å². The van der Waals surface area contributed by atoms with Crippen molar-refractivity contribution in [3.63, 3.8) is 0 Å². The van der Waals surface area contributed by atoms with Gasteiger partial charge < -0.3 is 4.42 Å². The SMILES string of the molecule is CCn1ncc(Br)c1-c1nnc(-c2ccc3cc(C)ccc3n2)o1. The lowest BCUT2D eigenvalue weighted by atomic mass is 10.1. The number of benzene rings is 1. The summed E-state index contributed by atoms with van der Waals surface area (Å²) in [5.41, 5.74) is 3.53. The van der Waals surface area contributed by atoms with Crippen molar-refractivity contribution in [2.45, 2.75) is 20.4 Å². The molecule has 0 aliphatic carbocycles. The Morgan fingerprint density at radius 2 is 1.96 bits per heavy atom. The zero-order valence-corrected chi connectivity index (χ0v) is 14.8. The number of hydrogen-bond donors (Lipinski definition) is 0. The molecule has 4 rings (SSSR count). The Bertz CT molecular complexity index is 1040. The van der Waals surface area contributed by atoms with E-state index in [-0.39, 0.29) is 0 Å². The highest BCUT2D eigenvalue weighted by molar-refractivity contribution is 9.10. The van der Waals surface area contributed by atoms with Gasteiger partial charge in [-0.2, -0.15) is 5.10 Å². The van der Waals surface area contributed by atoms with Crippen LogP contribution in [0.2, 0.25) is 0 Å². The summed E-state index contributed by atoms with van der Waals surface area (Å²) in [5.74, 6) is 0.810. The van der Waals surface area contributed by atoms with Gasteiger partial charge in [0.15, 0.2) is 0 Å². The van der Waals surface area contributed by atoms with E-state index in [1.54, 1.807) is 10.9 Å². The first kappa shape index (κ1) is 15.0. The Balaban J connectivity index is 1.77. The highest BCUT2D eigenvalue weighted by Gasteiger charge is 2.18. The van der Waals surface area contributed by atoms with E-state index in [0.717, 1.165) is 21.1 Å². The zero-order valence-electron chi connectivity index (χ0n) is 13.2. The van der Waals surface area contributed by atoms with Crippen molar-refractivity contribution in [2.75, 3.05) is 0 Å². The number of rotatable bonds is 3. The smallest absolute Gasteiger partial charge is 0.267 e. The topological polar surface area (TPSA) is 69.6 Å². The van der Waals surface area contributed by atoms with E-state index in [1.807, 2.05) is 31.2 Å². The summed E-state index contributed by atoms with van der Waals surface area (Å²) in [5, 5.41) is 13.6. The van der Waals surface area contributed by atoms with E-state index < -0.39 is 0 Å². The number of pyridine rings is 1. The number of nitrogens with zero attached hydrogens (tertiary/aromatic N) is 5. The van der Waals surface area contributed by atoms with E-state index in [1.165, 1.54) is 5.56 Å². The van der Waals surface area contributed by atoms with Gasteiger partial charge in [-0.15, -0.1) is 10.2 Å². The normalized spacial score (nSPS) is 11.3. The molecule has 0 N–H and O–H groups in total. The van der Waals surface area contributed by atoms with Gasteiger partial charge in [0.05, 0.1) is 16.2 Å². The maximum Gasteiger partial charge on any atom is 0.267 e. The molecule has 120 valence electrons. The van der Waals surface area contributed by atoms with E-state index in [4.69, 9.17) is 4.42 Å². The van der Waals surface area contributed by atoms with Gasteiger partial charge >= 0.3 is 0 Å². The fraction of sp³-hybridized carbons (Fsp3) is 0.176. The molecule has 0 aliphatic heterocycles. The molecule has 24 heavy (non-hydrogen) atoms. The number of aromatic nitrogens is 5. The second-order valence-electron chi connectivity index (χ2n) is 5.46. The molecule has 0 saturated carbocycles. The molecule has 4 aromatic rings. The molecule has 0 spiro atoms. The molecule has 0 fully saturated rings. The first-order chi connectivity index (χ1) is 11.7. The zero-order chi connectivity index (χ0) is 16.7. The maximum atomic E-state index is 5.83. The molecule has 0 aliphatic rings. The van der Waals surface area contributed by atoms with Gasteiger partial charge in [0, 0.05) is 11.9 Å². The fourth-order valence-electron chi connectivity index (χ4n) is 2.60. The Labute approximate surface area is 146 Å². The molecule has 1 aromatic carbocycles. The van der Waals surface area contributed by atoms with Gasteiger partial charge in [-0.25, -0.2) is 4.98 Å². The molecule has 0 saturated heterocycles. The van der Waals surface area contributed by atoms with Crippen LogP contribution in [-0.4, -0.2) is 25.0 Å². The highest BCUT2D eigenvalue weighted by atomic mass is 79.9. The third-order valence-corrected chi connectivity index (χ3v) is 4.37. The minimum absolute atomic E-state index is 0.392. The van der Waals surface area contributed by atoms with E-state index >= 15 is 0 Å². The molecular formula is C17H14BrN5O. The minimum Gasteiger partial charge on any atom is -0.413 e. The fourth-order valence-corrected chi connectivity index (χ4v) is 3.07. The molecule has 0 unspecified atom stereocenters. The maximum absolute atomic E-state index is 5.83. The Morgan fingerprint density at radius 3 is 2.79 bits per heavy atom. The second kappa shape index (κ2) is 5.83. The van der Waals surface area contributed by atoms with Crippen molar-refractivity contribution in [3.8, 4) is 23.2 Å². The van der Waals surface area contributed by atoms with Crippen molar-refractivity contribution < 1.29 is 4.42 Å². The minimum atomic E-state index is 0.392. The van der Waals surface area contributed by atoms with Crippen molar-refractivity contribution in [3.05, 3.63) is 46.6 Å². The Hall–Kier alpha value is -2.54. The van der Waals surface area contributed by atoms with Crippen LogP contribution in [0.15, 0.2) is 45.4 Å². The standard InChI is InChI=1S/C17H14BrN5O/c1-3-23-15(12(18)9-19-23)17-22-21-16(24-17)14-7-5-11-8-10(2)4-6-13(11)20-14/h4-9H,3H2,1-2H3. The lowest BCUT2D eigenvalue weighted by Gasteiger charge is -2.01. The molecule has 0 amide bonds. The summed E-state index contributed by atoms with van der Waals surface area (Å²) in [6.07, 6.45) is 1.72. The summed E-state index contributed by atoms with van der Waals surface area (Å²) >= 11 is 3.47. The van der Waals surface area contributed by atoms with Crippen LogP contribution in [0.25, 0.3) is 34.1 Å². The summed E-state index contributed by atoms with van der Waals surface area (Å²) in [4.78, 5) is 4.62. The third kappa shape index (κ3) is 2.50. The summed E-state index contributed by atoms with van der Waals surface area (Å²) in [7, 11) is 0. The molecule has 6 nitrogen and oxygen atoms in total. The van der Waals surface area contributed by atoms with Crippen molar-refractivity contribution in [2.24, 2.45) is 0 Å². The van der Waals surface area contributed by atoms with E-state index in [0.29, 0.717) is 24.0 Å². The summed E-state index contributed by atoms with van der Waals surface area (Å²) in [6.45, 7) is 4.78. The lowest BCUT2D eigenvalue weighted by Crippen LogP contribution is -1.99. The van der Waals surface area contributed by atoms with E-state index in [2.05, 4.69) is 49.2 Å². The van der Waals surface area contributed by atoms with E-state index in [9.17, 15) is 0 Å². The molecule has 3 heterocycles. The van der Waals surface area contributed by atoms with Gasteiger partial charge in [0.1, 0.15) is 11.4 Å². The number of hydrogen-bond acceptors (Lipinski definition) is 5. The first-order valence-electron chi connectivity index (χ1n) is 7.58. The largest absolute Gasteiger partial charge is 0.413 e. The predicted octanol–water partition coefficient (Wildman–Crippen LogP) is 4.24. The monoisotopic (exact) mass is 383 g/mol. The van der Waals surface area contributed by atoms with Gasteiger partial charge in [0.2, 0.25) is 0 Å². The van der Waals surface area contributed by atoms with Crippen LogP contribution in [0.5, 0.6) is 0 Å². The summed E-state index contributed by atoms with van der Waals surface area (Å²) < 4.78 is 8.46. The van der Waals surface area contributed by atoms with Gasteiger partial charge in [-0.3, -0.25) is 4.68 Å². The molecule has 7 heteroatoms. The van der Waals surface area contributed by atoms with Gasteiger partial charge in [0.25, 0.3) is 11.8 Å². The molecule has 0 bridgehead atoms. The van der Waals surface area contributed by atoms with Crippen LogP contribution >= 0.6 is 15.9 Å². The van der Waals surface area contributed by atoms with Crippen LogP contribution in [0.3, 0.4) is 0 Å². The molecule has 3 aromatic heterocycles. The number of halogens is 1. The Morgan fingerprint density at radius 1 is 1.12 bits per heavy atom. The number of aryl methyl sites for hydroxylation is 2. The van der Waals surface area contributed by atoms with Crippen molar-refractivity contribution in [1.82, 2.24) is 25.0 Å². The van der Waals surface area contributed by atoms with Crippen molar-refractivity contribution in [1.29, 1.82) is 0 Å². The molecule has 0 radical (unpaired) electrons. The van der Waals surface area contributed by atoms with Crippen LogP contribution in [0, 0.1) is 6.92 Å². The molecule has 0 atom stereocenters. The highest BCUT2D eigenvalue weighted by Crippen LogP contribution is 2.29. The summed E-state index contributed by atoms with van der Waals surface area (Å²) in [6, 6.07) is 10.0. The average Bonchev–Trinajstić information content (AvgIpc) is 3.20. The molecular weight excluding hydrogens is 370 g/mol.